The van der Waals surface area contributed by atoms with Gasteiger partial charge in [0.2, 0.25) is 0 Å². The fraction of sp³-hybridized carbons (Fsp3) is 1.00. The lowest BCUT2D eigenvalue weighted by Crippen LogP contribution is -2.34. The van der Waals surface area contributed by atoms with E-state index in [1.807, 2.05) is 7.05 Å². The molecule has 2 atom stereocenters. The Kier molecular flexibility index (Phi) is 3.92. The van der Waals surface area contributed by atoms with Crippen LogP contribution in [0.1, 0.15) is 19.3 Å². The smallest absolute Gasteiger partial charge is 0.148 e. The molecule has 0 saturated heterocycles. The van der Waals surface area contributed by atoms with E-state index >= 15 is 0 Å². The molecule has 0 aromatic carbocycles. The zero-order chi connectivity index (χ0) is 10.8. The molecule has 1 fully saturated rings. The van der Waals surface area contributed by atoms with Crippen LogP contribution in [-0.4, -0.2) is 51.0 Å². The van der Waals surface area contributed by atoms with E-state index in [4.69, 9.17) is 5.73 Å². The van der Waals surface area contributed by atoms with Crippen molar-refractivity contribution in [1.82, 2.24) is 4.90 Å². The molecular weight excluding hydrogens is 200 g/mol. The first-order valence-corrected chi connectivity index (χ1v) is 7.08. The molecule has 1 rings (SSSR count). The zero-order valence-corrected chi connectivity index (χ0v) is 9.76. The molecule has 84 valence electrons. The summed E-state index contributed by atoms with van der Waals surface area (Å²) in [6, 6.07) is 0.785. The summed E-state index contributed by atoms with van der Waals surface area (Å²) < 4.78 is 21.9. The molecule has 1 aliphatic rings. The predicted octanol–water partition coefficient (Wildman–Crippen LogP) is -0.157. The Morgan fingerprint density at radius 2 is 2.07 bits per heavy atom. The molecule has 0 aromatic rings. The van der Waals surface area contributed by atoms with Gasteiger partial charge in [0.15, 0.2) is 0 Å². The van der Waals surface area contributed by atoms with Crippen LogP contribution in [0.4, 0.5) is 0 Å². The fourth-order valence-corrected chi connectivity index (χ4v) is 2.50. The Bertz CT molecular complexity index is 277. The van der Waals surface area contributed by atoms with Crippen molar-refractivity contribution in [1.29, 1.82) is 0 Å². The highest BCUT2D eigenvalue weighted by Crippen LogP contribution is 2.21. The molecule has 0 heterocycles. The third-order valence-corrected chi connectivity index (χ3v) is 3.81. The number of sulfone groups is 1. The van der Waals surface area contributed by atoms with Crippen molar-refractivity contribution in [3.05, 3.63) is 0 Å². The van der Waals surface area contributed by atoms with Crippen LogP contribution >= 0.6 is 0 Å². The second-order valence-corrected chi connectivity index (χ2v) is 6.60. The van der Waals surface area contributed by atoms with E-state index in [0.29, 0.717) is 18.6 Å². The first-order chi connectivity index (χ1) is 6.38. The molecule has 2 N–H and O–H groups in total. The molecule has 0 radical (unpaired) electrons. The highest BCUT2D eigenvalue weighted by Gasteiger charge is 2.25. The van der Waals surface area contributed by atoms with Crippen LogP contribution in [-0.2, 0) is 9.84 Å². The predicted molar refractivity (Wildman–Crippen MR) is 58.0 cm³/mol. The second kappa shape index (κ2) is 4.59. The standard InChI is InChI=1S/C9H20N2O2S/c1-11(5-6-14(2,12)13)9-4-3-8(10)7-9/h8-9H,3-7,10H2,1-2H3. The van der Waals surface area contributed by atoms with Gasteiger partial charge in [-0.2, -0.15) is 0 Å². The normalized spacial score (nSPS) is 28.6. The van der Waals surface area contributed by atoms with Crippen LogP contribution in [0.5, 0.6) is 0 Å². The van der Waals surface area contributed by atoms with E-state index in [1.165, 1.54) is 6.26 Å². The summed E-state index contributed by atoms with van der Waals surface area (Å²) >= 11 is 0. The van der Waals surface area contributed by atoms with Gasteiger partial charge in [-0.05, 0) is 26.3 Å². The van der Waals surface area contributed by atoms with Crippen molar-refractivity contribution < 1.29 is 8.42 Å². The van der Waals surface area contributed by atoms with Crippen molar-refractivity contribution >= 4 is 9.84 Å². The quantitative estimate of drug-likeness (QED) is 0.715. The van der Waals surface area contributed by atoms with Crippen molar-refractivity contribution in [2.45, 2.75) is 31.3 Å². The minimum atomic E-state index is -2.84. The van der Waals surface area contributed by atoms with Gasteiger partial charge in [0.25, 0.3) is 0 Å². The van der Waals surface area contributed by atoms with Gasteiger partial charge in [-0.1, -0.05) is 0 Å². The largest absolute Gasteiger partial charge is 0.328 e. The summed E-state index contributed by atoms with van der Waals surface area (Å²) in [4.78, 5) is 2.12. The molecule has 14 heavy (non-hydrogen) atoms. The van der Waals surface area contributed by atoms with Crippen molar-refractivity contribution in [3.63, 3.8) is 0 Å². The minimum absolute atomic E-state index is 0.245. The zero-order valence-electron chi connectivity index (χ0n) is 8.94. The van der Waals surface area contributed by atoms with E-state index in [1.54, 1.807) is 0 Å². The molecule has 1 saturated carbocycles. The van der Waals surface area contributed by atoms with Crippen LogP contribution in [0.3, 0.4) is 0 Å². The van der Waals surface area contributed by atoms with E-state index in [0.717, 1.165) is 19.3 Å². The van der Waals surface area contributed by atoms with E-state index < -0.39 is 9.84 Å². The fourth-order valence-electron chi connectivity index (χ4n) is 1.88. The lowest BCUT2D eigenvalue weighted by atomic mass is 10.2. The van der Waals surface area contributed by atoms with Gasteiger partial charge < -0.3 is 10.6 Å². The topological polar surface area (TPSA) is 63.4 Å². The Morgan fingerprint density at radius 1 is 1.43 bits per heavy atom. The van der Waals surface area contributed by atoms with Crippen LogP contribution < -0.4 is 5.73 Å². The lowest BCUT2D eigenvalue weighted by Gasteiger charge is -2.23. The molecule has 2 unspecified atom stereocenters. The maximum atomic E-state index is 11.0. The molecule has 0 bridgehead atoms. The summed E-state index contributed by atoms with van der Waals surface area (Å²) in [6.07, 6.45) is 4.44. The molecular formula is C9H20N2O2S. The first-order valence-electron chi connectivity index (χ1n) is 5.02. The van der Waals surface area contributed by atoms with Crippen molar-refractivity contribution in [3.8, 4) is 0 Å². The number of hydrogen-bond donors (Lipinski definition) is 1. The molecule has 0 spiro atoms. The van der Waals surface area contributed by atoms with Gasteiger partial charge >= 0.3 is 0 Å². The van der Waals surface area contributed by atoms with Crippen LogP contribution in [0.2, 0.25) is 0 Å². The highest BCUT2D eigenvalue weighted by atomic mass is 32.2. The van der Waals surface area contributed by atoms with E-state index in [9.17, 15) is 8.42 Å². The molecule has 0 aromatic heterocycles. The average Bonchev–Trinajstić information content (AvgIpc) is 2.46. The van der Waals surface area contributed by atoms with Gasteiger partial charge in [-0.15, -0.1) is 0 Å². The van der Waals surface area contributed by atoms with Gasteiger partial charge in [0, 0.05) is 24.9 Å². The van der Waals surface area contributed by atoms with E-state index in [2.05, 4.69) is 4.90 Å². The molecule has 0 aliphatic heterocycles. The number of nitrogens with zero attached hydrogens (tertiary/aromatic N) is 1. The van der Waals surface area contributed by atoms with Gasteiger partial charge in [0.05, 0.1) is 5.75 Å². The third-order valence-electron chi connectivity index (χ3n) is 2.88. The highest BCUT2D eigenvalue weighted by molar-refractivity contribution is 7.90. The lowest BCUT2D eigenvalue weighted by molar-refractivity contribution is 0.257. The summed E-state index contributed by atoms with van der Waals surface area (Å²) in [6.45, 7) is 0.621. The second-order valence-electron chi connectivity index (χ2n) is 4.34. The summed E-state index contributed by atoms with van der Waals surface area (Å²) in [5.41, 5.74) is 5.80. The number of hydrogen-bond acceptors (Lipinski definition) is 4. The Labute approximate surface area is 86.4 Å². The number of rotatable bonds is 4. The SMILES string of the molecule is CN(CCS(C)(=O)=O)C1CCC(N)C1. The first kappa shape index (κ1) is 11.9. The summed E-state index contributed by atoms with van der Waals surface area (Å²) in [7, 11) is -0.855. The number of nitrogens with two attached hydrogens (primary N) is 1. The molecule has 0 amide bonds. The van der Waals surface area contributed by atoms with Crippen LogP contribution in [0.15, 0.2) is 0 Å². The van der Waals surface area contributed by atoms with Crippen LogP contribution in [0, 0.1) is 0 Å². The average molecular weight is 220 g/mol. The summed E-state index contributed by atoms with van der Waals surface area (Å²) in [5, 5.41) is 0. The molecule has 1 aliphatic carbocycles. The van der Waals surface area contributed by atoms with Crippen LogP contribution in [0.25, 0.3) is 0 Å². The van der Waals surface area contributed by atoms with Crippen molar-refractivity contribution in [2.75, 3.05) is 25.6 Å². The third kappa shape index (κ3) is 3.94. The Morgan fingerprint density at radius 3 is 2.50 bits per heavy atom. The maximum absolute atomic E-state index is 11.0. The maximum Gasteiger partial charge on any atom is 0.148 e. The Hall–Kier alpha value is -0.130. The Balaban J connectivity index is 2.32. The van der Waals surface area contributed by atoms with Gasteiger partial charge in [-0.25, -0.2) is 8.42 Å². The molecule has 5 heteroatoms. The summed E-state index contributed by atoms with van der Waals surface area (Å²) in [5.74, 6) is 0.245. The van der Waals surface area contributed by atoms with Gasteiger partial charge in [-0.3, -0.25) is 0 Å². The monoisotopic (exact) mass is 220 g/mol. The van der Waals surface area contributed by atoms with E-state index in [-0.39, 0.29) is 5.75 Å². The van der Waals surface area contributed by atoms with Gasteiger partial charge in [0.1, 0.15) is 9.84 Å². The minimum Gasteiger partial charge on any atom is -0.328 e. The van der Waals surface area contributed by atoms with Crippen molar-refractivity contribution in [2.24, 2.45) is 5.73 Å². The molecule has 4 nitrogen and oxygen atoms in total.